The number of thiophene rings is 1. The Bertz CT molecular complexity index is 1050. The van der Waals surface area contributed by atoms with Gasteiger partial charge in [-0.25, -0.2) is 13.1 Å². The van der Waals surface area contributed by atoms with Crippen molar-refractivity contribution in [1.82, 2.24) is 9.71 Å². The summed E-state index contributed by atoms with van der Waals surface area (Å²) in [5.41, 5.74) is 1.87. The van der Waals surface area contributed by atoms with Crippen molar-refractivity contribution in [2.75, 3.05) is 0 Å². The number of aromatic amines is 1. The monoisotopic (exact) mass is 362 g/mol. The molecule has 0 radical (unpaired) electrons. The van der Waals surface area contributed by atoms with Gasteiger partial charge in [-0.1, -0.05) is 25.1 Å². The molecule has 2 heterocycles. The van der Waals surface area contributed by atoms with Crippen LogP contribution in [0.3, 0.4) is 0 Å². The molecule has 0 saturated heterocycles. The third kappa shape index (κ3) is 3.28. The molecule has 0 fully saturated rings. The van der Waals surface area contributed by atoms with E-state index in [1.54, 1.807) is 12.1 Å². The van der Waals surface area contributed by atoms with Crippen LogP contribution in [-0.2, 0) is 23.0 Å². The first-order chi connectivity index (χ1) is 11.4. The van der Waals surface area contributed by atoms with E-state index in [1.807, 2.05) is 38.1 Å². The van der Waals surface area contributed by atoms with E-state index in [1.165, 1.54) is 11.3 Å². The van der Waals surface area contributed by atoms with Crippen LogP contribution >= 0.6 is 11.3 Å². The highest BCUT2D eigenvalue weighted by Crippen LogP contribution is 2.22. The Morgan fingerprint density at radius 2 is 2.00 bits per heavy atom. The highest BCUT2D eigenvalue weighted by atomic mass is 32.2. The van der Waals surface area contributed by atoms with Gasteiger partial charge >= 0.3 is 0 Å². The Labute approximate surface area is 144 Å². The van der Waals surface area contributed by atoms with Crippen molar-refractivity contribution in [1.29, 1.82) is 0 Å². The van der Waals surface area contributed by atoms with Crippen molar-refractivity contribution in [2.45, 2.75) is 31.0 Å². The second-order valence-electron chi connectivity index (χ2n) is 5.56. The van der Waals surface area contributed by atoms with Crippen molar-refractivity contribution in [3.05, 3.63) is 62.8 Å². The number of hydrogen-bond donors (Lipinski definition) is 2. The molecule has 1 aromatic carbocycles. The van der Waals surface area contributed by atoms with Gasteiger partial charge < -0.3 is 4.98 Å². The predicted octanol–water partition coefficient (Wildman–Crippen LogP) is 2.94. The van der Waals surface area contributed by atoms with E-state index < -0.39 is 10.0 Å². The summed E-state index contributed by atoms with van der Waals surface area (Å²) in [7, 11) is -3.61. The number of sulfonamides is 1. The van der Waals surface area contributed by atoms with E-state index in [9.17, 15) is 13.2 Å². The molecule has 0 saturated carbocycles. The number of benzene rings is 1. The van der Waals surface area contributed by atoms with Crippen molar-refractivity contribution in [3.63, 3.8) is 0 Å². The lowest BCUT2D eigenvalue weighted by molar-refractivity contribution is 0.583. The SMILES string of the molecule is CCc1ccc(S(=O)(=O)NCc2cc3cccc(C)c3[nH]c2=O)s1. The molecular weight excluding hydrogens is 344 g/mol. The number of para-hydroxylation sites is 1. The fourth-order valence-corrected chi connectivity index (χ4v) is 4.84. The maximum atomic E-state index is 12.4. The van der Waals surface area contributed by atoms with Crippen LogP contribution in [0.5, 0.6) is 0 Å². The van der Waals surface area contributed by atoms with E-state index in [0.717, 1.165) is 27.8 Å². The Hall–Kier alpha value is -1.96. The Kier molecular flexibility index (Phi) is 4.58. The van der Waals surface area contributed by atoms with Crippen LogP contribution in [0.15, 0.2) is 45.4 Å². The molecule has 2 N–H and O–H groups in total. The number of nitrogens with one attached hydrogen (secondary N) is 2. The van der Waals surface area contributed by atoms with Gasteiger partial charge in [0, 0.05) is 17.0 Å². The summed E-state index contributed by atoms with van der Waals surface area (Å²) >= 11 is 1.25. The van der Waals surface area contributed by atoms with Crippen molar-refractivity contribution in [2.24, 2.45) is 0 Å². The van der Waals surface area contributed by atoms with Crippen molar-refractivity contribution in [3.8, 4) is 0 Å². The van der Waals surface area contributed by atoms with E-state index in [2.05, 4.69) is 9.71 Å². The average molecular weight is 362 g/mol. The third-order valence-corrected chi connectivity index (χ3v) is 6.99. The molecule has 0 aliphatic carbocycles. The van der Waals surface area contributed by atoms with Crippen LogP contribution in [0.2, 0.25) is 0 Å². The van der Waals surface area contributed by atoms with Crippen LogP contribution in [0.25, 0.3) is 10.9 Å². The zero-order valence-corrected chi connectivity index (χ0v) is 15.1. The first kappa shape index (κ1) is 16.9. The molecule has 3 aromatic rings. The first-order valence-corrected chi connectivity index (χ1v) is 9.90. The van der Waals surface area contributed by atoms with Gasteiger partial charge in [0.25, 0.3) is 5.56 Å². The molecule has 0 spiro atoms. The lowest BCUT2D eigenvalue weighted by Gasteiger charge is -2.07. The lowest BCUT2D eigenvalue weighted by Crippen LogP contribution is -2.26. The van der Waals surface area contributed by atoms with E-state index >= 15 is 0 Å². The van der Waals surface area contributed by atoms with Crippen molar-refractivity contribution >= 4 is 32.3 Å². The minimum Gasteiger partial charge on any atom is -0.321 e. The molecule has 0 atom stereocenters. The molecule has 0 aliphatic rings. The summed E-state index contributed by atoms with van der Waals surface area (Å²) in [5, 5.41) is 0.883. The van der Waals surface area contributed by atoms with Crippen LogP contribution < -0.4 is 10.3 Å². The predicted molar refractivity (Wildman–Crippen MR) is 97.0 cm³/mol. The van der Waals surface area contributed by atoms with E-state index in [4.69, 9.17) is 0 Å². The van der Waals surface area contributed by atoms with Gasteiger partial charge in [-0.3, -0.25) is 4.79 Å². The summed E-state index contributed by atoms with van der Waals surface area (Å²) in [6, 6.07) is 10.9. The molecule has 0 aliphatic heterocycles. The summed E-state index contributed by atoms with van der Waals surface area (Å²) in [6.45, 7) is 3.86. The number of aryl methyl sites for hydroxylation is 2. The average Bonchev–Trinajstić information content (AvgIpc) is 3.04. The second-order valence-corrected chi connectivity index (χ2v) is 8.72. The number of pyridine rings is 1. The molecule has 3 rings (SSSR count). The summed E-state index contributed by atoms with van der Waals surface area (Å²) in [6.07, 6.45) is 0.796. The number of hydrogen-bond acceptors (Lipinski definition) is 4. The lowest BCUT2D eigenvalue weighted by atomic mass is 10.1. The summed E-state index contributed by atoms with van der Waals surface area (Å²) in [5.74, 6) is 0. The molecule has 2 aromatic heterocycles. The number of aromatic nitrogens is 1. The number of fused-ring (bicyclic) bond motifs is 1. The van der Waals surface area contributed by atoms with Crippen molar-refractivity contribution < 1.29 is 8.42 Å². The maximum absolute atomic E-state index is 12.4. The maximum Gasteiger partial charge on any atom is 0.252 e. The summed E-state index contributed by atoms with van der Waals surface area (Å²) < 4.78 is 27.5. The zero-order chi connectivity index (χ0) is 17.3. The van der Waals surface area contributed by atoms with E-state index in [0.29, 0.717) is 5.56 Å². The van der Waals surface area contributed by atoms with Crippen LogP contribution in [0.1, 0.15) is 22.9 Å². The van der Waals surface area contributed by atoms with E-state index in [-0.39, 0.29) is 16.3 Å². The fraction of sp³-hybridized carbons (Fsp3) is 0.235. The Balaban J connectivity index is 1.87. The van der Waals surface area contributed by atoms with Gasteiger partial charge in [0.1, 0.15) is 4.21 Å². The molecule has 0 unspecified atom stereocenters. The van der Waals surface area contributed by atoms with Gasteiger partial charge in [0.05, 0.1) is 5.52 Å². The molecular formula is C17H18N2O3S2. The normalized spacial score (nSPS) is 11.9. The standard InChI is InChI=1S/C17H18N2O3S2/c1-3-14-7-8-15(23-14)24(21,22)18-10-13-9-12-6-4-5-11(2)16(12)19-17(13)20/h4-9,18H,3,10H2,1-2H3,(H,19,20). The highest BCUT2D eigenvalue weighted by molar-refractivity contribution is 7.91. The zero-order valence-electron chi connectivity index (χ0n) is 13.4. The van der Waals surface area contributed by atoms with Crippen LogP contribution in [0, 0.1) is 6.92 Å². The van der Waals surface area contributed by atoms with Gasteiger partial charge in [-0.05, 0) is 42.5 Å². The molecule has 7 heteroatoms. The smallest absolute Gasteiger partial charge is 0.252 e. The van der Waals surface area contributed by atoms with Gasteiger partial charge in [-0.15, -0.1) is 11.3 Å². The second kappa shape index (κ2) is 6.51. The molecule has 0 bridgehead atoms. The third-order valence-electron chi connectivity index (χ3n) is 3.87. The summed E-state index contributed by atoms with van der Waals surface area (Å²) in [4.78, 5) is 16.0. The van der Waals surface area contributed by atoms with Crippen LogP contribution in [-0.4, -0.2) is 13.4 Å². The molecule has 5 nitrogen and oxygen atoms in total. The number of H-pyrrole nitrogens is 1. The molecule has 126 valence electrons. The Morgan fingerprint density at radius 3 is 2.71 bits per heavy atom. The molecule has 24 heavy (non-hydrogen) atoms. The number of rotatable bonds is 5. The van der Waals surface area contributed by atoms with Gasteiger partial charge in [0.15, 0.2) is 0 Å². The van der Waals surface area contributed by atoms with Gasteiger partial charge in [0.2, 0.25) is 10.0 Å². The highest BCUT2D eigenvalue weighted by Gasteiger charge is 2.17. The fourth-order valence-electron chi connectivity index (χ4n) is 2.50. The van der Waals surface area contributed by atoms with Gasteiger partial charge in [-0.2, -0.15) is 0 Å². The topological polar surface area (TPSA) is 79.0 Å². The van der Waals surface area contributed by atoms with Crippen LogP contribution in [0.4, 0.5) is 0 Å². The minimum absolute atomic E-state index is 0.0408. The quantitative estimate of drug-likeness (QED) is 0.732. The minimum atomic E-state index is -3.61. The largest absolute Gasteiger partial charge is 0.321 e. The molecule has 0 amide bonds. The Morgan fingerprint density at radius 1 is 1.21 bits per heavy atom. The first-order valence-electron chi connectivity index (χ1n) is 7.60.